The molecule has 4 aliphatic rings. The number of aliphatic carboxylic acids is 1. The van der Waals surface area contributed by atoms with E-state index in [4.69, 9.17) is 14.6 Å². The van der Waals surface area contributed by atoms with Gasteiger partial charge in [-0.3, -0.25) is 4.79 Å². The number of aliphatic hydroxyl groups is 1. The molecule has 4 aliphatic carbocycles. The lowest BCUT2D eigenvalue weighted by Gasteiger charge is -2.61. The summed E-state index contributed by atoms with van der Waals surface area (Å²) in [5.74, 6) is 3.45. The molecule has 4 saturated carbocycles. The van der Waals surface area contributed by atoms with Crippen molar-refractivity contribution in [3.63, 3.8) is 0 Å². The lowest BCUT2D eigenvalue weighted by atomic mass is 9.44. The van der Waals surface area contributed by atoms with Crippen LogP contribution in [-0.2, 0) is 14.3 Å². The van der Waals surface area contributed by atoms with Gasteiger partial charge >= 0.3 is 5.97 Å². The molecule has 5 nitrogen and oxygen atoms in total. The maximum absolute atomic E-state index is 10.9. The first-order chi connectivity index (χ1) is 16.3. The molecular formula is C29H52O5. The van der Waals surface area contributed by atoms with Gasteiger partial charge < -0.3 is 19.7 Å². The summed E-state index contributed by atoms with van der Waals surface area (Å²) < 4.78 is 9.86. The number of carbonyl (C=O) groups is 1. The molecule has 0 amide bonds. The summed E-state index contributed by atoms with van der Waals surface area (Å²) in [6.07, 6.45) is 14.7. The third kappa shape index (κ3) is 6.18. The molecule has 34 heavy (non-hydrogen) atoms. The average Bonchev–Trinajstić information content (AvgIpc) is 3.14. The second-order valence-corrected chi connectivity index (χ2v) is 12.3. The molecule has 0 radical (unpaired) electrons. The fourth-order valence-corrected chi connectivity index (χ4v) is 8.71. The van der Waals surface area contributed by atoms with Crippen molar-refractivity contribution in [1.29, 1.82) is 0 Å². The zero-order valence-corrected chi connectivity index (χ0v) is 22.4. The Morgan fingerprint density at radius 2 is 1.68 bits per heavy atom. The number of carboxylic acid groups (broad SMARTS) is 1. The number of rotatable bonds is 9. The Labute approximate surface area is 208 Å². The number of hydrogen-bond donors (Lipinski definition) is 2. The van der Waals surface area contributed by atoms with E-state index in [1.165, 1.54) is 44.9 Å². The van der Waals surface area contributed by atoms with Crippen LogP contribution < -0.4 is 0 Å². The zero-order chi connectivity index (χ0) is 24.8. The van der Waals surface area contributed by atoms with Crippen molar-refractivity contribution in [2.24, 2.45) is 40.4 Å². The van der Waals surface area contributed by atoms with Crippen molar-refractivity contribution in [2.75, 3.05) is 26.9 Å². The van der Waals surface area contributed by atoms with Gasteiger partial charge in [-0.25, -0.2) is 0 Å². The van der Waals surface area contributed by atoms with Gasteiger partial charge in [0.25, 0.3) is 0 Å². The topological polar surface area (TPSA) is 76.0 Å². The highest BCUT2D eigenvalue weighted by atomic mass is 16.5. The third-order valence-electron chi connectivity index (χ3n) is 10.6. The van der Waals surface area contributed by atoms with Crippen LogP contribution in [0, 0.1) is 40.4 Å². The van der Waals surface area contributed by atoms with E-state index in [2.05, 4.69) is 20.8 Å². The molecule has 8 atom stereocenters. The van der Waals surface area contributed by atoms with Crippen molar-refractivity contribution in [2.45, 2.75) is 110 Å². The SMILES string of the molecule is CC12CCC3C(CCC4CC(O)CCC43C)C1CCC2CCCC(=O)O.CCCOCCOC. The lowest BCUT2D eigenvalue weighted by Crippen LogP contribution is -2.53. The fourth-order valence-electron chi connectivity index (χ4n) is 8.71. The summed E-state index contributed by atoms with van der Waals surface area (Å²) >= 11 is 0. The number of fused-ring (bicyclic) bond motifs is 5. The summed E-state index contributed by atoms with van der Waals surface area (Å²) in [5.41, 5.74) is 0.919. The standard InChI is InChI=1S/C23H38O3.C6H14O2/c1-22-13-11-20-18(8-6-16-14-17(24)10-12-23(16,20)2)19(22)9-7-15(22)4-3-5-21(25)26;1-3-4-8-6-5-7-2/h15-20,24H,3-14H2,1-2H3,(H,25,26);3-6H2,1-2H3. The van der Waals surface area contributed by atoms with Crippen molar-refractivity contribution < 1.29 is 24.5 Å². The molecular weight excluding hydrogens is 428 g/mol. The van der Waals surface area contributed by atoms with Crippen molar-refractivity contribution >= 4 is 5.97 Å². The van der Waals surface area contributed by atoms with E-state index < -0.39 is 5.97 Å². The lowest BCUT2D eigenvalue weighted by molar-refractivity contribution is -0.137. The van der Waals surface area contributed by atoms with E-state index in [9.17, 15) is 9.90 Å². The highest BCUT2D eigenvalue weighted by molar-refractivity contribution is 5.66. The summed E-state index contributed by atoms with van der Waals surface area (Å²) in [4.78, 5) is 10.9. The Kier molecular flexibility index (Phi) is 10.3. The molecule has 4 fully saturated rings. The van der Waals surface area contributed by atoms with Gasteiger partial charge in [-0.2, -0.15) is 0 Å². The van der Waals surface area contributed by atoms with Crippen LogP contribution in [0.2, 0.25) is 0 Å². The molecule has 0 saturated heterocycles. The Balaban J connectivity index is 0.000000350. The van der Waals surface area contributed by atoms with E-state index >= 15 is 0 Å². The first-order valence-electron chi connectivity index (χ1n) is 14.2. The number of methoxy groups -OCH3 is 1. The Morgan fingerprint density at radius 3 is 2.38 bits per heavy atom. The first-order valence-corrected chi connectivity index (χ1v) is 14.2. The highest BCUT2D eigenvalue weighted by Gasteiger charge is 2.59. The molecule has 0 aromatic rings. The molecule has 0 spiro atoms. The van der Waals surface area contributed by atoms with Crippen molar-refractivity contribution in [1.82, 2.24) is 0 Å². The van der Waals surface area contributed by atoms with Crippen LogP contribution in [-0.4, -0.2) is 49.2 Å². The summed E-state index contributed by atoms with van der Waals surface area (Å²) in [5, 5.41) is 19.1. The van der Waals surface area contributed by atoms with E-state index in [1.807, 2.05) is 0 Å². The second kappa shape index (κ2) is 12.5. The molecule has 0 heterocycles. The molecule has 4 rings (SSSR count). The minimum absolute atomic E-state index is 0.0522. The van der Waals surface area contributed by atoms with Gasteiger partial charge in [0, 0.05) is 20.1 Å². The predicted octanol–water partition coefficient (Wildman–Crippen LogP) is 6.32. The van der Waals surface area contributed by atoms with Gasteiger partial charge in [0.05, 0.1) is 19.3 Å². The van der Waals surface area contributed by atoms with E-state index in [0.717, 1.165) is 74.9 Å². The maximum Gasteiger partial charge on any atom is 0.303 e. The third-order valence-corrected chi connectivity index (χ3v) is 10.6. The maximum atomic E-state index is 10.9. The molecule has 2 N–H and O–H groups in total. The Bertz CT molecular complexity index is 632. The van der Waals surface area contributed by atoms with Crippen LogP contribution in [0.5, 0.6) is 0 Å². The van der Waals surface area contributed by atoms with Gasteiger partial charge in [-0.05, 0) is 117 Å². The first kappa shape index (κ1) is 27.9. The summed E-state index contributed by atoms with van der Waals surface area (Å²) in [6, 6.07) is 0. The molecule has 0 aromatic carbocycles. The molecule has 0 aromatic heterocycles. The van der Waals surface area contributed by atoms with Crippen LogP contribution in [0.15, 0.2) is 0 Å². The zero-order valence-electron chi connectivity index (χ0n) is 22.4. The largest absolute Gasteiger partial charge is 0.481 e. The van der Waals surface area contributed by atoms with Crippen LogP contribution >= 0.6 is 0 Å². The van der Waals surface area contributed by atoms with Crippen LogP contribution in [0.3, 0.4) is 0 Å². The van der Waals surface area contributed by atoms with Gasteiger partial charge in [-0.15, -0.1) is 0 Å². The molecule has 0 bridgehead atoms. The van der Waals surface area contributed by atoms with E-state index in [-0.39, 0.29) is 6.10 Å². The monoisotopic (exact) mass is 480 g/mol. The minimum atomic E-state index is -0.640. The average molecular weight is 481 g/mol. The molecule has 0 aliphatic heterocycles. The second-order valence-electron chi connectivity index (χ2n) is 12.3. The number of aliphatic hydroxyl groups excluding tert-OH is 1. The molecule has 5 heteroatoms. The number of hydrogen-bond acceptors (Lipinski definition) is 4. The predicted molar refractivity (Wildman–Crippen MR) is 136 cm³/mol. The van der Waals surface area contributed by atoms with Gasteiger partial charge in [0.15, 0.2) is 0 Å². The molecule has 198 valence electrons. The fraction of sp³-hybridized carbons (Fsp3) is 0.966. The van der Waals surface area contributed by atoms with E-state index in [0.29, 0.717) is 23.9 Å². The van der Waals surface area contributed by atoms with Gasteiger partial charge in [0.2, 0.25) is 0 Å². The normalized spacial score (nSPS) is 41.0. The van der Waals surface area contributed by atoms with Crippen LogP contribution in [0.25, 0.3) is 0 Å². The summed E-state index contributed by atoms with van der Waals surface area (Å²) in [7, 11) is 1.68. The Morgan fingerprint density at radius 1 is 0.941 bits per heavy atom. The van der Waals surface area contributed by atoms with Gasteiger partial charge in [-0.1, -0.05) is 20.8 Å². The van der Waals surface area contributed by atoms with Crippen molar-refractivity contribution in [3.8, 4) is 0 Å². The smallest absolute Gasteiger partial charge is 0.303 e. The minimum Gasteiger partial charge on any atom is -0.481 e. The van der Waals surface area contributed by atoms with Crippen LogP contribution in [0.1, 0.15) is 104 Å². The van der Waals surface area contributed by atoms with Crippen LogP contribution in [0.4, 0.5) is 0 Å². The number of carboxylic acids is 1. The highest BCUT2D eigenvalue weighted by Crippen LogP contribution is 2.67. The van der Waals surface area contributed by atoms with Crippen molar-refractivity contribution in [3.05, 3.63) is 0 Å². The number of ether oxygens (including phenoxy) is 2. The van der Waals surface area contributed by atoms with Gasteiger partial charge in [0.1, 0.15) is 0 Å². The molecule has 8 unspecified atom stereocenters. The summed E-state index contributed by atoms with van der Waals surface area (Å²) in [6.45, 7) is 9.48. The quantitative estimate of drug-likeness (QED) is 0.378. The van der Waals surface area contributed by atoms with E-state index in [1.54, 1.807) is 7.11 Å². The Hall–Kier alpha value is -0.650.